The summed E-state index contributed by atoms with van der Waals surface area (Å²) >= 11 is 0. The predicted molar refractivity (Wildman–Crippen MR) is 49.1 cm³/mol. The molecule has 1 nitrogen and oxygen atoms in total. The van der Waals surface area contributed by atoms with Gasteiger partial charge in [0.25, 0.3) is 0 Å². The monoisotopic (exact) mass is 182 g/mol. The van der Waals surface area contributed by atoms with E-state index in [2.05, 4.69) is 0 Å². The zero-order valence-electron chi connectivity index (χ0n) is 5.73. The highest BCUT2D eigenvalue weighted by Gasteiger charge is 1.57. The van der Waals surface area contributed by atoms with Crippen LogP contribution in [-0.4, -0.2) is 12.2 Å². The summed E-state index contributed by atoms with van der Waals surface area (Å²) in [6.07, 6.45) is 0. The highest BCUT2D eigenvalue weighted by atomic mass is 35.5. The molecule has 0 heterocycles. The van der Waals surface area contributed by atoms with Crippen molar-refractivity contribution in [1.29, 1.82) is 0 Å². The van der Waals surface area contributed by atoms with Gasteiger partial charge in [0.05, 0.1) is 0 Å². The lowest BCUT2D eigenvalue weighted by Gasteiger charge is -1.69. The Hall–Kier alpha value is -0.240. The first kappa shape index (κ1) is 16.4. The van der Waals surface area contributed by atoms with E-state index in [-0.39, 0.29) is 24.8 Å². The highest BCUT2D eigenvalue weighted by Crippen LogP contribution is 1.79. The minimum Gasteiger partial charge on any atom is -0.400 e. The van der Waals surface area contributed by atoms with Gasteiger partial charge in [-0.05, 0) is 0 Å². The van der Waals surface area contributed by atoms with Crippen molar-refractivity contribution in [3.63, 3.8) is 0 Å². The van der Waals surface area contributed by atoms with Crippen molar-refractivity contribution in [3.8, 4) is 0 Å². The Kier molecular flexibility index (Phi) is 26.1. The molecule has 1 aromatic carbocycles. The van der Waals surface area contributed by atoms with Crippen LogP contribution in [0.25, 0.3) is 0 Å². The maximum Gasteiger partial charge on any atom is 0.0319 e. The fourth-order valence-electron chi connectivity index (χ4n) is 0.385. The number of hydrogen-bond acceptors (Lipinski definition) is 1. The van der Waals surface area contributed by atoms with Gasteiger partial charge in [-0.3, -0.25) is 0 Å². The highest BCUT2D eigenvalue weighted by molar-refractivity contribution is 5.85. The summed E-state index contributed by atoms with van der Waals surface area (Å²) in [6, 6.07) is 12.0. The maximum absolute atomic E-state index is 7.00. The molecule has 0 aromatic heterocycles. The second kappa shape index (κ2) is 15.9. The Balaban J connectivity index is -0.000000114. The minimum absolute atomic E-state index is 0. The van der Waals surface area contributed by atoms with Crippen LogP contribution in [0.2, 0.25) is 0 Å². The molecular weight excluding hydrogens is 171 g/mol. The van der Waals surface area contributed by atoms with Crippen LogP contribution < -0.4 is 0 Å². The topological polar surface area (TPSA) is 20.2 Å². The molecule has 10 heavy (non-hydrogen) atoms. The van der Waals surface area contributed by atoms with E-state index in [1.807, 2.05) is 36.4 Å². The third-order valence-electron chi connectivity index (χ3n) is 0.667. The summed E-state index contributed by atoms with van der Waals surface area (Å²) in [6.45, 7) is 0. The van der Waals surface area contributed by atoms with E-state index in [9.17, 15) is 0 Å². The Bertz CT molecular complexity index is 83.5. The van der Waals surface area contributed by atoms with Crippen molar-refractivity contribution in [3.05, 3.63) is 36.4 Å². The quantitative estimate of drug-likeness (QED) is 0.653. The molecule has 0 aliphatic rings. The van der Waals surface area contributed by atoms with Crippen LogP contribution in [0.5, 0.6) is 0 Å². The van der Waals surface area contributed by atoms with Crippen LogP contribution in [0.15, 0.2) is 36.4 Å². The van der Waals surface area contributed by atoms with Crippen molar-refractivity contribution < 1.29 is 5.11 Å². The van der Waals surface area contributed by atoms with Crippen LogP contribution in [0, 0.1) is 0 Å². The maximum atomic E-state index is 7.00. The van der Waals surface area contributed by atoms with Gasteiger partial charge in [-0.2, -0.15) is 0 Å². The first-order valence-corrected chi connectivity index (χ1v) is 2.45. The van der Waals surface area contributed by atoms with Crippen LogP contribution in [0.3, 0.4) is 0 Å². The zero-order valence-corrected chi connectivity index (χ0v) is 7.36. The van der Waals surface area contributed by atoms with Crippen molar-refractivity contribution >= 4 is 24.8 Å². The lowest BCUT2D eigenvalue weighted by Crippen LogP contribution is -1.47. The SMILES string of the molecule is CO.Cl.Cl.c1ccccc1. The van der Waals surface area contributed by atoms with E-state index >= 15 is 0 Å². The van der Waals surface area contributed by atoms with Gasteiger partial charge < -0.3 is 5.11 Å². The molecule has 0 spiro atoms. The molecule has 0 aliphatic heterocycles. The molecule has 0 saturated heterocycles. The smallest absolute Gasteiger partial charge is 0.0319 e. The van der Waals surface area contributed by atoms with Gasteiger partial charge in [0.15, 0.2) is 0 Å². The van der Waals surface area contributed by atoms with Gasteiger partial charge >= 0.3 is 0 Å². The number of aliphatic hydroxyl groups excluding tert-OH is 1. The van der Waals surface area contributed by atoms with Gasteiger partial charge in [-0.15, -0.1) is 24.8 Å². The first-order chi connectivity index (χ1) is 4.00. The van der Waals surface area contributed by atoms with Crippen LogP contribution in [-0.2, 0) is 0 Å². The van der Waals surface area contributed by atoms with E-state index in [1.165, 1.54) is 0 Å². The Morgan fingerprint density at radius 3 is 0.800 bits per heavy atom. The second-order valence-electron chi connectivity index (χ2n) is 1.15. The molecule has 0 aliphatic carbocycles. The molecule has 3 heteroatoms. The number of benzene rings is 1. The number of rotatable bonds is 0. The van der Waals surface area contributed by atoms with Crippen LogP contribution in [0.4, 0.5) is 0 Å². The molecule has 0 amide bonds. The van der Waals surface area contributed by atoms with Gasteiger partial charge in [0.2, 0.25) is 0 Å². The third-order valence-corrected chi connectivity index (χ3v) is 0.667. The number of aliphatic hydroxyl groups is 1. The van der Waals surface area contributed by atoms with Gasteiger partial charge in [-0.25, -0.2) is 0 Å². The summed E-state index contributed by atoms with van der Waals surface area (Å²) in [7, 11) is 1.00. The second-order valence-corrected chi connectivity index (χ2v) is 1.15. The molecule has 60 valence electrons. The molecule has 0 bridgehead atoms. The predicted octanol–water partition coefficient (Wildman–Crippen LogP) is 2.14. The largest absolute Gasteiger partial charge is 0.400 e. The average molecular weight is 183 g/mol. The third kappa shape index (κ3) is 10.7. The minimum atomic E-state index is 0. The van der Waals surface area contributed by atoms with E-state index in [0.717, 1.165) is 7.11 Å². The fraction of sp³-hybridized carbons (Fsp3) is 0.143. The normalized spacial score (nSPS) is 5.40. The Morgan fingerprint density at radius 1 is 0.600 bits per heavy atom. The molecule has 0 radical (unpaired) electrons. The molecule has 0 unspecified atom stereocenters. The van der Waals surface area contributed by atoms with E-state index in [4.69, 9.17) is 5.11 Å². The number of halogens is 2. The molecule has 1 aromatic rings. The number of hydrogen-bond donors (Lipinski definition) is 1. The van der Waals surface area contributed by atoms with E-state index in [0.29, 0.717) is 0 Å². The van der Waals surface area contributed by atoms with E-state index in [1.54, 1.807) is 0 Å². The Morgan fingerprint density at radius 2 is 0.700 bits per heavy atom. The molecule has 1 N–H and O–H groups in total. The average Bonchev–Trinajstić information content (AvgIpc) is 1.96. The van der Waals surface area contributed by atoms with E-state index < -0.39 is 0 Å². The summed E-state index contributed by atoms with van der Waals surface area (Å²) in [5.74, 6) is 0. The summed E-state index contributed by atoms with van der Waals surface area (Å²) in [5.41, 5.74) is 0. The lowest BCUT2D eigenvalue weighted by molar-refractivity contribution is 0.399. The van der Waals surface area contributed by atoms with Gasteiger partial charge in [-0.1, -0.05) is 36.4 Å². The molecule has 0 atom stereocenters. The molecule has 1 rings (SSSR count). The van der Waals surface area contributed by atoms with Crippen LogP contribution >= 0.6 is 24.8 Å². The van der Waals surface area contributed by atoms with Crippen molar-refractivity contribution in [2.45, 2.75) is 0 Å². The van der Waals surface area contributed by atoms with Crippen molar-refractivity contribution in [1.82, 2.24) is 0 Å². The summed E-state index contributed by atoms with van der Waals surface area (Å²) < 4.78 is 0. The lowest BCUT2D eigenvalue weighted by atomic mass is 10.4. The fourth-order valence-corrected chi connectivity index (χ4v) is 0.385. The van der Waals surface area contributed by atoms with Gasteiger partial charge in [0, 0.05) is 7.11 Å². The summed E-state index contributed by atoms with van der Waals surface area (Å²) in [5, 5.41) is 7.00. The van der Waals surface area contributed by atoms with Crippen molar-refractivity contribution in [2.75, 3.05) is 7.11 Å². The van der Waals surface area contributed by atoms with Crippen molar-refractivity contribution in [2.24, 2.45) is 0 Å². The zero-order chi connectivity index (χ0) is 6.24. The van der Waals surface area contributed by atoms with Crippen LogP contribution in [0.1, 0.15) is 0 Å². The summed E-state index contributed by atoms with van der Waals surface area (Å²) in [4.78, 5) is 0. The molecular formula is C7H12Cl2O. The Labute approximate surface area is 73.9 Å². The molecule has 0 saturated carbocycles. The standard InChI is InChI=1S/C6H6.CH4O.2ClH/c1-2-4-6-5-3-1;1-2;;/h1-6H;2H,1H3;2*1H. The molecule has 0 fully saturated rings. The first-order valence-electron chi connectivity index (χ1n) is 2.45. The van der Waals surface area contributed by atoms with Gasteiger partial charge in [0.1, 0.15) is 0 Å².